The summed E-state index contributed by atoms with van der Waals surface area (Å²) in [7, 11) is -3.65. The molecule has 0 saturated carbocycles. The maximum Gasteiger partial charge on any atom is 0.262 e. The first-order valence-electron chi connectivity index (χ1n) is 6.42. The van der Waals surface area contributed by atoms with Crippen LogP contribution in [0.5, 0.6) is 0 Å². The van der Waals surface area contributed by atoms with Gasteiger partial charge in [0.2, 0.25) is 0 Å². The lowest BCUT2D eigenvalue weighted by Gasteiger charge is -2.13. The zero-order chi connectivity index (χ0) is 15.6. The molecule has 0 fully saturated rings. The number of sulfonamides is 1. The lowest BCUT2D eigenvalue weighted by atomic mass is 10.1. The number of nitrogens with two attached hydrogens (primary N) is 1. The molecule has 0 radical (unpaired) electrons. The smallest absolute Gasteiger partial charge is 0.262 e. The Balaban J connectivity index is 2.42. The van der Waals surface area contributed by atoms with Gasteiger partial charge in [-0.3, -0.25) is 4.72 Å². The van der Waals surface area contributed by atoms with E-state index in [-0.39, 0.29) is 4.90 Å². The summed E-state index contributed by atoms with van der Waals surface area (Å²) in [5.41, 5.74) is 8.61. The highest BCUT2D eigenvalue weighted by atomic mass is 35.5. The number of halogens is 1. The normalized spacial score (nSPS) is 11.4. The van der Waals surface area contributed by atoms with E-state index in [2.05, 4.69) is 4.72 Å². The fraction of sp³-hybridized carbons (Fsp3) is 0.200. The van der Waals surface area contributed by atoms with Crippen LogP contribution in [0.3, 0.4) is 0 Å². The first-order valence-corrected chi connectivity index (χ1v) is 8.28. The molecule has 0 spiro atoms. The SMILES string of the molecule is Cc1cc(C)c(S(=O)(=O)Nc2ccc(Cl)cc2)cc1CN. The van der Waals surface area contributed by atoms with E-state index in [0.717, 1.165) is 11.1 Å². The topological polar surface area (TPSA) is 72.2 Å². The van der Waals surface area contributed by atoms with Gasteiger partial charge in [0.25, 0.3) is 10.0 Å². The van der Waals surface area contributed by atoms with E-state index in [9.17, 15) is 8.42 Å². The number of aryl methyl sites for hydroxylation is 2. The molecular weight excluding hydrogens is 308 g/mol. The summed E-state index contributed by atoms with van der Waals surface area (Å²) in [5, 5.41) is 0.551. The van der Waals surface area contributed by atoms with Crippen molar-refractivity contribution >= 4 is 27.3 Å². The Hall–Kier alpha value is -1.56. The second-order valence-corrected chi connectivity index (χ2v) is 6.95. The molecule has 4 nitrogen and oxygen atoms in total. The predicted molar refractivity (Wildman–Crippen MR) is 86.1 cm³/mol. The van der Waals surface area contributed by atoms with E-state index >= 15 is 0 Å². The Morgan fingerprint density at radius 2 is 1.71 bits per heavy atom. The summed E-state index contributed by atoms with van der Waals surface area (Å²) < 4.78 is 27.5. The minimum absolute atomic E-state index is 0.239. The molecule has 6 heteroatoms. The van der Waals surface area contributed by atoms with Crippen molar-refractivity contribution in [2.24, 2.45) is 5.73 Å². The minimum Gasteiger partial charge on any atom is -0.326 e. The molecule has 0 atom stereocenters. The van der Waals surface area contributed by atoms with Crippen LogP contribution in [0.25, 0.3) is 0 Å². The van der Waals surface area contributed by atoms with Crippen LogP contribution in [0.2, 0.25) is 5.02 Å². The standard InChI is InChI=1S/C15H17ClN2O2S/c1-10-7-11(2)15(8-12(10)9-17)21(19,20)18-14-5-3-13(16)4-6-14/h3-8,18H,9,17H2,1-2H3. The number of anilines is 1. The van der Waals surface area contributed by atoms with Crippen molar-refractivity contribution in [3.05, 3.63) is 58.1 Å². The number of hydrogen-bond donors (Lipinski definition) is 2. The molecule has 0 aliphatic rings. The molecule has 0 unspecified atom stereocenters. The maximum absolute atomic E-state index is 12.5. The molecule has 112 valence electrons. The molecular formula is C15H17ClN2O2S. The molecule has 0 heterocycles. The summed E-state index contributed by atoms with van der Waals surface area (Å²) in [4.78, 5) is 0.239. The summed E-state index contributed by atoms with van der Waals surface area (Å²) in [6.07, 6.45) is 0. The summed E-state index contributed by atoms with van der Waals surface area (Å²) in [5.74, 6) is 0. The Kier molecular flexibility index (Phi) is 4.56. The monoisotopic (exact) mass is 324 g/mol. The molecule has 2 aromatic carbocycles. The van der Waals surface area contributed by atoms with Gasteiger partial charge in [-0.2, -0.15) is 0 Å². The largest absolute Gasteiger partial charge is 0.326 e. The van der Waals surface area contributed by atoms with Crippen LogP contribution >= 0.6 is 11.6 Å². The Morgan fingerprint density at radius 3 is 2.29 bits per heavy atom. The number of benzene rings is 2. The summed E-state index contributed by atoms with van der Waals surface area (Å²) in [6, 6.07) is 9.96. The molecule has 0 bridgehead atoms. The van der Waals surface area contributed by atoms with Gasteiger partial charge in [-0.25, -0.2) is 8.42 Å². The van der Waals surface area contributed by atoms with Crippen LogP contribution in [-0.2, 0) is 16.6 Å². The van der Waals surface area contributed by atoms with Crippen LogP contribution < -0.4 is 10.5 Å². The number of nitrogens with one attached hydrogen (secondary N) is 1. The van der Waals surface area contributed by atoms with E-state index in [1.165, 1.54) is 0 Å². The van der Waals surface area contributed by atoms with Crippen molar-refractivity contribution in [3.63, 3.8) is 0 Å². The fourth-order valence-corrected chi connectivity index (χ4v) is 3.57. The zero-order valence-electron chi connectivity index (χ0n) is 11.9. The van der Waals surface area contributed by atoms with E-state index < -0.39 is 10.0 Å². The highest BCUT2D eigenvalue weighted by Crippen LogP contribution is 2.23. The molecule has 0 aliphatic heterocycles. The molecule has 3 N–H and O–H groups in total. The van der Waals surface area contributed by atoms with Gasteiger partial charge in [-0.05, 0) is 60.9 Å². The van der Waals surface area contributed by atoms with Gasteiger partial charge in [0.05, 0.1) is 4.90 Å². The Labute approximate surface area is 130 Å². The maximum atomic E-state index is 12.5. The van der Waals surface area contributed by atoms with E-state index in [0.29, 0.717) is 22.8 Å². The van der Waals surface area contributed by atoms with Crippen LogP contribution in [0.15, 0.2) is 41.3 Å². The van der Waals surface area contributed by atoms with Gasteiger partial charge in [-0.1, -0.05) is 17.7 Å². The second-order valence-electron chi connectivity index (χ2n) is 4.86. The van der Waals surface area contributed by atoms with E-state index in [1.807, 2.05) is 13.0 Å². The highest BCUT2D eigenvalue weighted by molar-refractivity contribution is 7.92. The number of rotatable bonds is 4. The van der Waals surface area contributed by atoms with Crippen LogP contribution in [0.4, 0.5) is 5.69 Å². The third-order valence-corrected chi connectivity index (χ3v) is 5.01. The van der Waals surface area contributed by atoms with Gasteiger partial charge in [0.1, 0.15) is 0 Å². The quantitative estimate of drug-likeness (QED) is 0.907. The van der Waals surface area contributed by atoms with Gasteiger partial charge in [-0.15, -0.1) is 0 Å². The Morgan fingerprint density at radius 1 is 1.10 bits per heavy atom. The van der Waals surface area contributed by atoms with Crippen molar-refractivity contribution in [3.8, 4) is 0 Å². The van der Waals surface area contributed by atoms with Crippen LogP contribution in [-0.4, -0.2) is 8.42 Å². The molecule has 2 aromatic rings. The summed E-state index contributed by atoms with van der Waals surface area (Å²) >= 11 is 5.79. The van der Waals surface area contributed by atoms with E-state index in [4.69, 9.17) is 17.3 Å². The lowest BCUT2D eigenvalue weighted by Crippen LogP contribution is -2.15. The lowest BCUT2D eigenvalue weighted by molar-refractivity contribution is 0.600. The fourth-order valence-electron chi connectivity index (χ4n) is 2.11. The zero-order valence-corrected chi connectivity index (χ0v) is 13.4. The minimum atomic E-state index is -3.65. The molecule has 0 aliphatic carbocycles. The molecule has 2 rings (SSSR count). The third kappa shape index (κ3) is 3.56. The second kappa shape index (κ2) is 6.05. The molecule has 0 aromatic heterocycles. The first-order chi connectivity index (χ1) is 9.83. The van der Waals surface area contributed by atoms with Crippen LogP contribution in [0, 0.1) is 13.8 Å². The van der Waals surface area contributed by atoms with Crippen LogP contribution in [0.1, 0.15) is 16.7 Å². The molecule has 0 amide bonds. The predicted octanol–water partition coefficient (Wildman–Crippen LogP) is 3.22. The average molecular weight is 325 g/mol. The van der Waals surface area contributed by atoms with Crippen molar-refractivity contribution < 1.29 is 8.42 Å². The van der Waals surface area contributed by atoms with Gasteiger partial charge in [0.15, 0.2) is 0 Å². The average Bonchev–Trinajstić information content (AvgIpc) is 2.41. The van der Waals surface area contributed by atoms with Crippen molar-refractivity contribution in [2.75, 3.05) is 4.72 Å². The Bertz CT molecular complexity index is 756. The van der Waals surface area contributed by atoms with E-state index in [1.54, 1.807) is 37.3 Å². The van der Waals surface area contributed by atoms with Crippen molar-refractivity contribution in [2.45, 2.75) is 25.3 Å². The van der Waals surface area contributed by atoms with Crippen molar-refractivity contribution in [1.29, 1.82) is 0 Å². The van der Waals surface area contributed by atoms with Crippen molar-refractivity contribution in [1.82, 2.24) is 0 Å². The van der Waals surface area contributed by atoms with Gasteiger partial charge in [0, 0.05) is 17.3 Å². The molecule has 0 saturated heterocycles. The summed E-state index contributed by atoms with van der Waals surface area (Å²) in [6.45, 7) is 3.98. The van der Waals surface area contributed by atoms with Gasteiger partial charge < -0.3 is 5.73 Å². The van der Waals surface area contributed by atoms with Gasteiger partial charge >= 0.3 is 0 Å². The first kappa shape index (κ1) is 15.8. The highest BCUT2D eigenvalue weighted by Gasteiger charge is 2.18. The molecule has 21 heavy (non-hydrogen) atoms. The number of hydrogen-bond acceptors (Lipinski definition) is 3. The third-order valence-electron chi connectivity index (χ3n) is 3.24.